The molecule has 1 atom stereocenters. The number of likely N-dealkylation sites (tertiary alicyclic amines) is 1. The van der Waals surface area contributed by atoms with Crippen LogP contribution in [0.3, 0.4) is 0 Å². The van der Waals surface area contributed by atoms with Crippen molar-refractivity contribution in [2.24, 2.45) is 0 Å². The molecule has 19 heavy (non-hydrogen) atoms. The third kappa shape index (κ3) is 2.96. The standard InChI is InChI=1S/C12H12ClFN2O3/c13-8-6-7(3-4-9(8)14)15-12(19)16-5-1-2-10(16)11(17)18/h3-4,6,10H,1-2,5H2,(H,15,19)(H,17,18)/t10-/m1/s1. The zero-order valence-corrected chi connectivity index (χ0v) is 10.7. The third-order valence-corrected chi connectivity index (χ3v) is 3.26. The molecule has 0 saturated carbocycles. The van der Waals surface area contributed by atoms with Crippen LogP contribution in [-0.4, -0.2) is 34.6 Å². The first-order valence-electron chi connectivity index (χ1n) is 5.74. The molecule has 2 rings (SSSR count). The highest BCUT2D eigenvalue weighted by Gasteiger charge is 2.33. The SMILES string of the molecule is O=C(O)[C@H]1CCCN1C(=O)Nc1ccc(F)c(Cl)c1. The molecule has 7 heteroatoms. The maximum Gasteiger partial charge on any atom is 0.326 e. The van der Waals surface area contributed by atoms with Crippen LogP contribution < -0.4 is 5.32 Å². The second-order valence-electron chi connectivity index (χ2n) is 4.25. The van der Waals surface area contributed by atoms with Crippen LogP contribution in [0.1, 0.15) is 12.8 Å². The van der Waals surface area contributed by atoms with Crippen LogP contribution in [0.2, 0.25) is 5.02 Å². The van der Waals surface area contributed by atoms with E-state index >= 15 is 0 Å². The van der Waals surface area contributed by atoms with Crippen molar-refractivity contribution in [3.63, 3.8) is 0 Å². The zero-order chi connectivity index (χ0) is 14.0. The van der Waals surface area contributed by atoms with Crippen molar-refractivity contribution in [2.45, 2.75) is 18.9 Å². The van der Waals surface area contributed by atoms with Crippen LogP contribution in [0.25, 0.3) is 0 Å². The number of anilines is 1. The van der Waals surface area contributed by atoms with Gasteiger partial charge in [-0.3, -0.25) is 0 Å². The number of carbonyl (C=O) groups is 2. The molecule has 102 valence electrons. The van der Waals surface area contributed by atoms with Crippen molar-refractivity contribution in [2.75, 3.05) is 11.9 Å². The second kappa shape index (κ2) is 5.44. The van der Waals surface area contributed by atoms with E-state index in [4.69, 9.17) is 16.7 Å². The number of urea groups is 1. The van der Waals surface area contributed by atoms with Gasteiger partial charge in [-0.25, -0.2) is 14.0 Å². The topological polar surface area (TPSA) is 69.6 Å². The van der Waals surface area contributed by atoms with Gasteiger partial charge in [-0.15, -0.1) is 0 Å². The van der Waals surface area contributed by atoms with Crippen LogP contribution in [0, 0.1) is 5.82 Å². The van der Waals surface area contributed by atoms with E-state index in [1.807, 2.05) is 0 Å². The lowest BCUT2D eigenvalue weighted by molar-refractivity contribution is -0.141. The van der Waals surface area contributed by atoms with E-state index in [1.165, 1.54) is 17.0 Å². The number of hydrogen-bond donors (Lipinski definition) is 2. The summed E-state index contributed by atoms with van der Waals surface area (Å²) in [6, 6.07) is 2.45. The highest BCUT2D eigenvalue weighted by atomic mass is 35.5. The van der Waals surface area contributed by atoms with Crippen molar-refractivity contribution in [1.29, 1.82) is 0 Å². The number of benzene rings is 1. The van der Waals surface area contributed by atoms with Gasteiger partial charge >= 0.3 is 12.0 Å². The molecule has 2 amide bonds. The van der Waals surface area contributed by atoms with E-state index in [-0.39, 0.29) is 5.02 Å². The first kappa shape index (κ1) is 13.6. The molecule has 1 aromatic carbocycles. The van der Waals surface area contributed by atoms with Gasteiger partial charge in [0, 0.05) is 12.2 Å². The summed E-state index contributed by atoms with van der Waals surface area (Å²) < 4.78 is 13.0. The lowest BCUT2D eigenvalue weighted by atomic mass is 10.2. The van der Waals surface area contributed by atoms with E-state index in [2.05, 4.69) is 5.32 Å². The predicted molar refractivity (Wildman–Crippen MR) is 67.8 cm³/mol. The van der Waals surface area contributed by atoms with Gasteiger partial charge in [-0.1, -0.05) is 11.6 Å². The summed E-state index contributed by atoms with van der Waals surface area (Å²) in [6.07, 6.45) is 1.08. The number of carboxylic acids is 1. The number of amides is 2. The number of nitrogens with one attached hydrogen (secondary N) is 1. The Labute approximate surface area is 114 Å². The van der Waals surface area contributed by atoms with E-state index in [0.29, 0.717) is 25.1 Å². The van der Waals surface area contributed by atoms with Gasteiger partial charge in [-0.05, 0) is 31.0 Å². The molecule has 5 nitrogen and oxygen atoms in total. The quantitative estimate of drug-likeness (QED) is 0.878. The van der Waals surface area contributed by atoms with Crippen molar-refractivity contribution >= 4 is 29.3 Å². The Morgan fingerprint density at radius 1 is 1.47 bits per heavy atom. The first-order chi connectivity index (χ1) is 8.99. The van der Waals surface area contributed by atoms with Gasteiger partial charge < -0.3 is 15.3 Å². The summed E-state index contributed by atoms with van der Waals surface area (Å²) in [6.45, 7) is 0.387. The largest absolute Gasteiger partial charge is 0.480 e. The molecule has 0 unspecified atom stereocenters. The molecule has 1 heterocycles. The first-order valence-corrected chi connectivity index (χ1v) is 6.12. The fourth-order valence-corrected chi connectivity index (χ4v) is 2.22. The summed E-state index contributed by atoms with van der Waals surface area (Å²) in [7, 11) is 0. The summed E-state index contributed by atoms with van der Waals surface area (Å²) in [4.78, 5) is 24.2. The van der Waals surface area contributed by atoms with Crippen LogP contribution in [-0.2, 0) is 4.79 Å². The maximum atomic E-state index is 13.0. The van der Waals surface area contributed by atoms with Gasteiger partial charge in [0.25, 0.3) is 0 Å². The van der Waals surface area contributed by atoms with E-state index in [9.17, 15) is 14.0 Å². The number of carboxylic acid groups (broad SMARTS) is 1. The van der Waals surface area contributed by atoms with Crippen molar-refractivity contribution in [3.8, 4) is 0 Å². The number of nitrogens with zero attached hydrogens (tertiary/aromatic N) is 1. The summed E-state index contributed by atoms with van der Waals surface area (Å²) in [5.41, 5.74) is 0.326. The Kier molecular flexibility index (Phi) is 3.90. The van der Waals surface area contributed by atoms with Crippen molar-refractivity contribution < 1.29 is 19.1 Å². The normalized spacial score (nSPS) is 18.4. The molecule has 2 N–H and O–H groups in total. The lowest BCUT2D eigenvalue weighted by Gasteiger charge is -2.21. The summed E-state index contributed by atoms with van der Waals surface area (Å²) >= 11 is 5.60. The Bertz CT molecular complexity index is 524. The summed E-state index contributed by atoms with van der Waals surface area (Å²) in [5, 5.41) is 11.4. The van der Waals surface area contributed by atoms with Crippen molar-refractivity contribution in [3.05, 3.63) is 29.0 Å². The van der Waals surface area contributed by atoms with E-state index in [0.717, 1.165) is 6.07 Å². The fraction of sp³-hybridized carbons (Fsp3) is 0.333. The van der Waals surface area contributed by atoms with E-state index in [1.54, 1.807) is 0 Å². The van der Waals surface area contributed by atoms with Crippen molar-refractivity contribution in [1.82, 2.24) is 4.90 Å². The summed E-state index contributed by atoms with van der Waals surface area (Å²) in [5.74, 6) is -1.60. The van der Waals surface area contributed by atoms with Gasteiger partial charge in [-0.2, -0.15) is 0 Å². The molecule has 0 bridgehead atoms. The number of rotatable bonds is 2. The molecule has 0 aromatic heterocycles. The molecule has 1 saturated heterocycles. The average Bonchev–Trinajstić information content (AvgIpc) is 2.83. The number of aliphatic carboxylic acids is 1. The Morgan fingerprint density at radius 3 is 2.84 bits per heavy atom. The Balaban J connectivity index is 2.08. The predicted octanol–water partition coefficient (Wildman–Crippen LogP) is 2.56. The van der Waals surface area contributed by atoms with Crippen LogP contribution in [0.15, 0.2) is 18.2 Å². The molecule has 1 aromatic rings. The molecule has 1 aliphatic heterocycles. The number of carbonyl (C=O) groups excluding carboxylic acids is 1. The minimum atomic E-state index is -1.02. The molecule has 1 aliphatic rings. The minimum Gasteiger partial charge on any atom is -0.480 e. The molecular formula is C12H12ClFN2O3. The monoisotopic (exact) mass is 286 g/mol. The van der Waals surface area contributed by atoms with Gasteiger partial charge in [0.2, 0.25) is 0 Å². The fourth-order valence-electron chi connectivity index (χ4n) is 2.04. The van der Waals surface area contributed by atoms with Crippen LogP contribution in [0.5, 0.6) is 0 Å². The number of hydrogen-bond acceptors (Lipinski definition) is 2. The lowest BCUT2D eigenvalue weighted by Crippen LogP contribution is -2.42. The molecular weight excluding hydrogens is 275 g/mol. The van der Waals surface area contributed by atoms with Crippen LogP contribution >= 0.6 is 11.6 Å². The average molecular weight is 287 g/mol. The zero-order valence-electron chi connectivity index (χ0n) is 9.90. The van der Waals surface area contributed by atoms with Crippen LogP contribution in [0.4, 0.5) is 14.9 Å². The smallest absolute Gasteiger partial charge is 0.326 e. The molecule has 0 spiro atoms. The second-order valence-corrected chi connectivity index (χ2v) is 4.66. The van der Waals surface area contributed by atoms with Gasteiger partial charge in [0.1, 0.15) is 11.9 Å². The minimum absolute atomic E-state index is 0.103. The van der Waals surface area contributed by atoms with Gasteiger partial charge in [0.05, 0.1) is 5.02 Å². The van der Waals surface area contributed by atoms with Gasteiger partial charge in [0.15, 0.2) is 0 Å². The molecule has 0 aliphatic carbocycles. The maximum absolute atomic E-state index is 13.0. The molecule has 0 radical (unpaired) electrons. The third-order valence-electron chi connectivity index (χ3n) is 2.97. The Morgan fingerprint density at radius 2 is 2.21 bits per heavy atom. The Hall–Kier alpha value is -1.82. The number of halogens is 2. The highest BCUT2D eigenvalue weighted by Crippen LogP contribution is 2.22. The molecule has 1 fully saturated rings. The highest BCUT2D eigenvalue weighted by molar-refractivity contribution is 6.31. The van der Waals surface area contributed by atoms with E-state index < -0.39 is 23.9 Å².